The van der Waals surface area contributed by atoms with Gasteiger partial charge in [-0.2, -0.15) is 0 Å². The highest BCUT2D eigenvalue weighted by atomic mass is 16.5. The third kappa shape index (κ3) is 4.06. The van der Waals surface area contributed by atoms with E-state index in [4.69, 9.17) is 4.74 Å². The molecule has 2 aliphatic rings. The molecule has 2 aliphatic carbocycles. The van der Waals surface area contributed by atoms with Crippen LogP contribution in [0.4, 0.5) is 10.5 Å². The van der Waals surface area contributed by atoms with Crippen molar-refractivity contribution in [2.24, 2.45) is 0 Å². The molecule has 0 heterocycles. The molecule has 0 saturated heterocycles. The van der Waals surface area contributed by atoms with E-state index in [1.165, 1.54) is 29.4 Å². The molecule has 0 radical (unpaired) electrons. The summed E-state index contributed by atoms with van der Waals surface area (Å²) in [5, 5.41) is 15.5. The summed E-state index contributed by atoms with van der Waals surface area (Å²) in [4.78, 5) is 25.1. The number of hydrogen-bond donors (Lipinski definition) is 3. The fourth-order valence-electron chi connectivity index (χ4n) is 4.53. The Balaban J connectivity index is 1.53. The normalized spacial score (nSPS) is 15.3. The number of ether oxygens (including phenoxy) is 1. The minimum atomic E-state index is -0.841. The summed E-state index contributed by atoms with van der Waals surface area (Å²) in [7, 11) is 1.30. The molecule has 4 rings (SSSR count). The maximum absolute atomic E-state index is 12.8. The third-order valence-electron chi connectivity index (χ3n) is 5.85. The molecule has 0 bridgehead atoms. The van der Waals surface area contributed by atoms with Crippen LogP contribution < -0.4 is 10.6 Å². The molecule has 0 spiro atoms. The van der Waals surface area contributed by atoms with Crippen molar-refractivity contribution in [1.82, 2.24) is 5.32 Å². The first-order valence-corrected chi connectivity index (χ1v) is 10.1. The smallest absolute Gasteiger partial charge is 0.328 e. The Morgan fingerprint density at radius 1 is 1.07 bits per heavy atom. The number of fused-ring (bicyclic) bond motifs is 2. The van der Waals surface area contributed by atoms with Crippen LogP contribution in [0.2, 0.25) is 0 Å². The Labute approximate surface area is 170 Å². The maximum atomic E-state index is 12.8. The average Bonchev–Trinajstić information content (AvgIpc) is 3.36. The van der Waals surface area contributed by atoms with Gasteiger partial charge in [0.25, 0.3) is 0 Å². The molecule has 2 aromatic rings. The number of phenolic OH excluding ortho intramolecular Hbond substituents is 1. The first-order chi connectivity index (χ1) is 14.0. The lowest BCUT2D eigenvalue weighted by molar-refractivity contribution is -0.142. The summed E-state index contributed by atoms with van der Waals surface area (Å²) in [6.45, 7) is 0. The van der Waals surface area contributed by atoms with E-state index in [0.717, 1.165) is 49.8 Å². The summed E-state index contributed by atoms with van der Waals surface area (Å²) >= 11 is 0. The lowest BCUT2D eigenvalue weighted by Crippen LogP contribution is -2.45. The number of rotatable bonds is 5. The number of amides is 2. The van der Waals surface area contributed by atoms with Gasteiger partial charge in [0.15, 0.2) is 0 Å². The number of urea groups is 1. The second-order valence-electron chi connectivity index (χ2n) is 7.78. The van der Waals surface area contributed by atoms with Crippen LogP contribution in [0.3, 0.4) is 0 Å². The molecule has 1 atom stereocenters. The number of methoxy groups -OCH3 is 1. The van der Waals surface area contributed by atoms with Crippen LogP contribution in [-0.2, 0) is 41.6 Å². The molecular weight excluding hydrogens is 368 g/mol. The summed E-state index contributed by atoms with van der Waals surface area (Å²) < 4.78 is 4.87. The van der Waals surface area contributed by atoms with E-state index in [-0.39, 0.29) is 12.2 Å². The van der Waals surface area contributed by atoms with E-state index in [1.807, 2.05) is 0 Å². The number of benzene rings is 2. The van der Waals surface area contributed by atoms with Crippen molar-refractivity contribution in [3.63, 3.8) is 0 Å². The minimum absolute atomic E-state index is 0.117. The van der Waals surface area contributed by atoms with E-state index in [9.17, 15) is 14.7 Å². The number of aromatic hydroxyl groups is 1. The van der Waals surface area contributed by atoms with Crippen LogP contribution in [0, 0.1) is 0 Å². The van der Waals surface area contributed by atoms with Crippen LogP contribution in [0.5, 0.6) is 5.75 Å². The number of carbonyl (C=O) groups is 2. The number of phenols is 1. The predicted octanol–water partition coefficient (Wildman–Crippen LogP) is 3.28. The van der Waals surface area contributed by atoms with Crippen LogP contribution in [-0.4, -0.2) is 30.3 Å². The zero-order valence-corrected chi connectivity index (χ0v) is 16.6. The molecular formula is C23H26N2O4. The van der Waals surface area contributed by atoms with Crippen molar-refractivity contribution in [3.8, 4) is 5.75 Å². The van der Waals surface area contributed by atoms with Gasteiger partial charge in [0, 0.05) is 12.1 Å². The number of nitrogens with one attached hydrogen (secondary N) is 2. The number of carbonyl (C=O) groups excluding carboxylic acids is 2. The maximum Gasteiger partial charge on any atom is 0.328 e. The first kappa shape index (κ1) is 19.3. The Hall–Kier alpha value is -3.02. The van der Waals surface area contributed by atoms with E-state index >= 15 is 0 Å². The molecule has 2 aromatic carbocycles. The Morgan fingerprint density at radius 3 is 2.38 bits per heavy atom. The monoisotopic (exact) mass is 394 g/mol. The largest absolute Gasteiger partial charge is 0.508 e. The summed E-state index contributed by atoms with van der Waals surface area (Å²) in [6.07, 6.45) is 6.51. The summed E-state index contributed by atoms with van der Waals surface area (Å²) in [6, 6.07) is 7.70. The molecule has 29 heavy (non-hydrogen) atoms. The summed E-state index contributed by atoms with van der Waals surface area (Å²) in [5.74, 6) is -0.405. The lowest BCUT2D eigenvalue weighted by Gasteiger charge is -2.20. The molecule has 0 fully saturated rings. The van der Waals surface area contributed by atoms with Gasteiger partial charge < -0.3 is 20.5 Å². The fourth-order valence-corrected chi connectivity index (χ4v) is 4.53. The van der Waals surface area contributed by atoms with Crippen molar-refractivity contribution in [3.05, 3.63) is 58.1 Å². The van der Waals surface area contributed by atoms with Crippen molar-refractivity contribution in [1.29, 1.82) is 0 Å². The molecule has 0 aliphatic heterocycles. The molecule has 6 heteroatoms. The van der Waals surface area contributed by atoms with Gasteiger partial charge in [0.2, 0.25) is 0 Å². The third-order valence-corrected chi connectivity index (χ3v) is 5.85. The number of hydrogen-bond acceptors (Lipinski definition) is 4. The predicted molar refractivity (Wildman–Crippen MR) is 110 cm³/mol. The van der Waals surface area contributed by atoms with E-state index in [2.05, 4.69) is 16.7 Å². The van der Waals surface area contributed by atoms with Crippen LogP contribution in [0.25, 0.3) is 0 Å². The second-order valence-corrected chi connectivity index (χ2v) is 7.78. The van der Waals surface area contributed by atoms with Gasteiger partial charge in [-0.1, -0.05) is 18.2 Å². The van der Waals surface area contributed by atoms with Gasteiger partial charge in [-0.15, -0.1) is 0 Å². The van der Waals surface area contributed by atoms with Gasteiger partial charge >= 0.3 is 12.0 Å². The number of aryl methyl sites for hydroxylation is 2. The molecule has 0 aromatic heterocycles. The second kappa shape index (κ2) is 8.15. The van der Waals surface area contributed by atoms with Crippen molar-refractivity contribution >= 4 is 17.7 Å². The highest BCUT2D eigenvalue weighted by Crippen LogP contribution is 2.38. The Morgan fingerprint density at radius 2 is 1.76 bits per heavy atom. The minimum Gasteiger partial charge on any atom is -0.508 e. The Bertz CT molecular complexity index is 922. The molecule has 152 valence electrons. The van der Waals surface area contributed by atoms with Gasteiger partial charge in [0.1, 0.15) is 11.8 Å². The van der Waals surface area contributed by atoms with Crippen molar-refractivity contribution in [2.45, 2.75) is 51.0 Å². The zero-order chi connectivity index (χ0) is 20.4. The summed E-state index contributed by atoms with van der Waals surface area (Å²) in [5.41, 5.74) is 6.83. The van der Waals surface area contributed by atoms with Crippen molar-refractivity contribution < 1.29 is 19.4 Å². The highest BCUT2D eigenvalue weighted by molar-refractivity contribution is 5.94. The average molecular weight is 394 g/mol. The molecule has 0 unspecified atom stereocenters. The quantitative estimate of drug-likeness (QED) is 0.679. The lowest BCUT2D eigenvalue weighted by atomic mass is 9.99. The van der Waals surface area contributed by atoms with Gasteiger partial charge in [-0.3, -0.25) is 0 Å². The Kier molecular flexibility index (Phi) is 5.43. The SMILES string of the molecule is COC(=O)[C@@H](Cc1cccc(O)c1)NC(=O)Nc1c2c(cc3c1CCC3)CCC2. The molecule has 3 N–H and O–H groups in total. The first-order valence-electron chi connectivity index (χ1n) is 10.1. The fraction of sp³-hybridized carbons (Fsp3) is 0.391. The van der Waals surface area contributed by atoms with Crippen LogP contribution >= 0.6 is 0 Å². The van der Waals surface area contributed by atoms with Gasteiger partial charge in [-0.25, -0.2) is 9.59 Å². The molecule has 0 saturated carbocycles. The van der Waals surface area contributed by atoms with E-state index in [1.54, 1.807) is 24.3 Å². The molecule has 2 amide bonds. The van der Waals surface area contributed by atoms with Crippen LogP contribution in [0.1, 0.15) is 40.7 Å². The van der Waals surface area contributed by atoms with Crippen molar-refractivity contribution in [2.75, 3.05) is 12.4 Å². The van der Waals surface area contributed by atoms with E-state index < -0.39 is 18.0 Å². The molecule has 6 nitrogen and oxygen atoms in total. The highest BCUT2D eigenvalue weighted by Gasteiger charge is 2.27. The topological polar surface area (TPSA) is 87.7 Å². The number of esters is 1. The van der Waals surface area contributed by atoms with Crippen LogP contribution in [0.15, 0.2) is 30.3 Å². The van der Waals surface area contributed by atoms with Gasteiger partial charge in [-0.05, 0) is 78.5 Å². The standard InChI is InChI=1S/C23H26N2O4/c1-29-22(27)20(12-14-5-2-8-17(26)11-14)24-23(28)25-21-18-9-3-6-15(18)13-16-7-4-10-19(16)21/h2,5,8,11,13,20,26H,3-4,6-7,9-10,12H2,1H3,(H2,24,25,28)/t20-/m1/s1. The van der Waals surface area contributed by atoms with E-state index in [0.29, 0.717) is 0 Å². The number of anilines is 1. The zero-order valence-electron chi connectivity index (χ0n) is 16.6. The van der Waals surface area contributed by atoms with Gasteiger partial charge in [0.05, 0.1) is 7.11 Å².